The molecule has 20 heavy (non-hydrogen) atoms. The van der Waals surface area contributed by atoms with E-state index in [4.69, 9.17) is 5.11 Å². The number of aliphatic hydroxyl groups excluding tert-OH is 1. The molecule has 0 saturated heterocycles. The fraction of sp³-hybridized carbons (Fsp3) is 0.333. The maximum absolute atomic E-state index is 12.1. The van der Waals surface area contributed by atoms with Crippen LogP contribution in [0.15, 0.2) is 30.3 Å². The Labute approximate surface area is 118 Å². The summed E-state index contributed by atoms with van der Waals surface area (Å²) in [6.07, 6.45) is 2.61. The van der Waals surface area contributed by atoms with Crippen LogP contribution in [0.3, 0.4) is 0 Å². The highest BCUT2D eigenvalue weighted by Gasteiger charge is 2.11. The first-order valence-electron chi connectivity index (χ1n) is 6.34. The van der Waals surface area contributed by atoms with Crippen LogP contribution >= 0.6 is 0 Å². The topological polar surface area (TPSA) is 77.8 Å². The molecule has 2 N–H and O–H groups in total. The molecule has 0 radical (unpaired) electrons. The molecule has 108 valence electrons. The van der Waals surface area contributed by atoms with E-state index in [2.05, 4.69) is 0 Å². The van der Waals surface area contributed by atoms with E-state index >= 15 is 0 Å². The van der Waals surface area contributed by atoms with Gasteiger partial charge in [-0.25, -0.2) is 4.79 Å². The molecule has 0 fully saturated rings. The van der Waals surface area contributed by atoms with Crippen molar-refractivity contribution in [2.24, 2.45) is 0 Å². The van der Waals surface area contributed by atoms with E-state index in [1.54, 1.807) is 43.1 Å². The van der Waals surface area contributed by atoms with Gasteiger partial charge >= 0.3 is 5.97 Å². The molecule has 5 nitrogen and oxygen atoms in total. The van der Waals surface area contributed by atoms with Crippen LogP contribution in [0.2, 0.25) is 0 Å². The van der Waals surface area contributed by atoms with Crippen LogP contribution in [-0.2, 0) is 4.79 Å². The highest BCUT2D eigenvalue weighted by atomic mass is 16.4. The first kappa shape index (κ1) is 15.9. The Kier molecular flexibility index (Phi) is 5.93. The molecule has 0 spiro atoms. The van der Waals surface area contributed by atoms with Crippen molar-refractivity contribution in [2.75, 3.05) is 13.6 Å². The SMILES string of the molecule is CC(O)CCN(C)C(=O)c1ccc(/C=C/C(=O)O)cc1. The van der Waals surface area contributed by atoms with Gasteiger partial charge in [-0.3, -0.25) is 4.79 Å². The van der Waals surface area contributed by atoms with Crippen LogP contribution in [0.25, 0.3) is 6.08 Å². The van der Waals surface area contributed by atoms with Gasteiger partial charge in [0.1, 0.15) is 0 Å². The molecule has 0 saturated carbocycles. The summed E-state index contributed by atoms with van der Waals surface area (Å²) in [5, 5.41) is 17.7. The van der Waals surface area contributed by atoms with Crippen molar-refractivity contribution in [1.29, 1.82) is 0 Å². The number of carboxylic acid groups (broad SMARTS) is 1. The Bertz CT molecular complexity index is 491. The molecule has 0 heterocycles. The third-order valence-corrected chi connectivity index (χ3v) is 2.80. The van der Waals surface area contributed by atoms with Crippen LogP contribution in [0, 0.1) is 0 Å². The standard InChI is InChI=1S/C15H19NO4/c1-11(17)9-10-16(2)15(20)13-6-3-12(4-7-13)5-8-14(18)19/h3-8,11,17H,9-10H2,1-2H3,(H,18,19)/b8-5+. The molecule has 0 aliphatic heterocycles. The zero-order valence-electron chi connectivity index (χ0n) is 11.6. The van der Waals surface area contributed by atoms with Crippen LogP contribution in [0.5, 0.6) is 0 Å². The van der Waals surface area contributed by atoms with Gasteiger partial charge in [0, 0.05) is 25.2 Å². The third-order valence-electron chi connectivity index (χ3n) is 2.80. The number of benzene rings is 1. The second-order valence-corrected chi connectivity index (χ2v) is 4.66. The largest absolute Gasteiger partial charge is 0.478 e. The summed E-state index contributed by atoms with van der Waals surface area (Å²) in [6, 6.07) is 6.69. The lowest BCUT2D eigenvalue weighted by atomic mass is 10.1. The lowest BCUT2D eigenvalue weighted by Crippen LogP contribution is -2.29. The Hall–Kier alpha value is -2.14. The molecule has 1 amide bonds. The number of carbonyl (C=O) groups excluding carboxylic acids is 1. The minimum Gasteiger partial charge on any atom is -0.478 e. The molecule has 0 aliphatic carbocycles. The Morgan fingerprint density at radius 2 is 1.90 bits per heavy atom. The van der Waals surface area contributed by atoms with Crippen molar-refractivity contribution < 1.29 is 19.8 Å². The van der Waals surface area contributed by atoms with E-state index in [0.29, 0.717) is 18.5 Å². The van der Waals surface area contributed by atoms with E-state index in [9.17, 15) is 14.7 Å². The van der Waals surface area contributed by atoms with Gasteiger partial charge in [-0.1, -0.05) is 12.1 Å². The van der Waals surface area contributed by atoms with Gasteiger partial charge in [-0.05, 0) is 37.1 Å². The average Bonchev–Trinajstić information content (AvgIpc) is 2.42. The van der Waals surface area contributed by atoms with E-state index in [1.165, 1.54) is 6.08 Å². The van der Waals surface area contributed by atoms with Crippen molar-refractivity contribution in [1.82, 2.24) is 4.90 Å². The van der Waals surface area contributed by atoms with Gasteiger partial charge in [0.2, 0.25) is 0 Å². The third kappa shape index (κ3) is 5.24. The Balaban J connectivity index is 2.68. The van der Waals surface area contributed by atoms with Gasteiger partial charge in [-0.15, -0.1) is 0 Å². The number of aliphatic carboxylic acids is 1. The molecule has 1 atom stereocenters. The average molecular weight is 277 g/mol. The smallest absolute Gasteiger partial charge is 0.328 e. The summed E-state index contributed by atoms with van der Waals surface area (Å²) < 4.78 is 0. The molecule has 1 rings (SSSR count). The van der Waals surface area contributed by atoms with E-state index in [-0.39, 0.29) is 5.91 Å². The van der Waals surface area contributed by atoms with Gasteiger partial charge in [0.25, 0.3) is 5.91 Å². The quantitative estimate of drug-likeness (QED) is 0.775. The summed E-state index contributed by atoms with van der Waals surface area (Å²) in [6.45, 7) is 2.17. The second-order valence-electron chi connectivity index (χ2n) is 4.66. The molecular weight excluding hydrogens is 258 g/mol. The first-order valence-corrected chi connectivity index (χ1v) is 6.34. The van der Waals surface area contributed by atoms with Crippen LogP contribution in [0.4, 0.5) is 0 Å². The number of amides is 1. The number of aliphatic hydroxyl groups is 1. The second kappa shape index (κ2) is 7.45. The normalized spacial score (nSPS) is 12.3. The lowest BCUT2D eigenvalue weighted by molar-refractivity contribution is -0.131. The van der Waals surface area contributed by atoms with Gasteiger partial charge in [0.15, 0.2) is 0 Å². The van der Waals surface area contributed by atoms with E-state index < -0.39 is 12.1 Å². The van der Waals surface area contributed by atoms with Crippen molar-refractivity contribution in [3.05, 3.63) is 41.5 Å². The summed E-state index contributed by atoms with van der Waals surface area (Å²) >= 11 is 0. The zero-order valence-corrected chi connectivity index (χ0v) is 11.6. The minimum atomic E-state index is -1.01. The fourth-order valence-corrected chi connectivity index (χ4v) is 1.61. The zero-order chi connectivity index (χ0) is 15.1. The number of carboxylic acids is 1. The summed E-state index contributed by atoms with van der Waals surface area (Å²) in [7, 11) is 1.68. The molecular formula is C15H19NO4. The van der Waals surface area contributed by atoms with Crippen molar-refractivity contribution >= 4 is 18.0 Å². The summed E-state index contributed by atoms with van der Waals surface area (Å²) in [5.74, 6) is -1.14. The van der Waals surface area contributed by atoms with Gasteiger partial charge in [0.05, 0.1) is 6.10 Å². The van der Waals surface area contributed by atoms with E-state index in [0.717, 1.165) is 11.6 Å². The van der Waals surface area contributed by atoms with Crippen LogP contribution in [0.1, 0.15) is 29.3 Å². The van der Waals surface area contributed by atoms with Gasteiger partial charge in [-0.2, -0.15) is 0 Å². The Morgan fingerprint density at radius 3 is 2.40 bits per heavy atom. The number of rotatable bonds is 6. The minimum absolute atomic E-state index is 0.126. The molecule has 0 aromatic heterocycles. The predicted molar refractivity (Wildman–Crippen MR) is 76.4 cm³/mol. The fourth-order valence-electron chi connectivity index (χ4n) is 1.61. The maximum Gasteiger partial charge on any atom is 0.328 e. The number of nitrogens with zero attached hydrogens (tertiary/aromatic N) is 1. The maximum atomic E-state index is 12.1. The molecule has 1 aromatic rings. The number of carbonyl (C=O) groups is 2. The molecule has 0 bridgehead atoms. The Morgan fingerprint density at radius 1 is 1.30 bits per heavy atom. The summed E-state index contributed by atoms with van der Waals surface area (Å²) in [5.41, 5.74) is 1.25. The van der Waals surface area contributed by atoms with Crippen molar-refractivity contribution in [3.63, 3.8) is 0 Å². The monoisotopic (exact) mass is 277 g/mol. The highest BCUT2D eigenvalue weighted by molar-refractivity contribution is 5.94. The van der Waals surface area contributed by atoms with Crippen LogP contribution < -0.4 is 0 Å². The molecule has 1 unspecified atom stereocenters. The number of hydrogen-bond donors (Lipinski definition) is 2. The molecule has 0 aliphatic rings. The lowest BCUT2D eigenvalue weighted by Gasteiger charge is -2.18. The van der Waals surface area contributed by atoms with Crippen molar-refractivity contribution in [3.8, 4) is 0 Å². The van der Waals surface area contributed by atoms with E-state index in [1.807, 2.05) is 0 Å². The molecule has 1 aromatic carbocycles. The first-order chi connectivity index (χ1) is 9.40. The predicted octanol–water partition coefficient (Wildman–Crippen LogP) is 1.63. The summed E-state index contributed by atoms with van der Waals surface area (Å²) in [4.78, 5) is 24.0. The highest BCUT2D eigenvalue weighted by Crippen LogP contribution is 2.09. The van der Waals surface area contributed by atoms with Gasteiger partial charge < -0.3 is 15.1 Å². The van der Waals surface area contributed by atoms with Crippen LogP contribution in [-0.4, -0.2) is 46.7 Å². The number of hydrogen-bond acceptors (Lipinski definition) is 3. The molecule has 5 heteroatoms. The van der Waals surface area contributed by atoms with Crippen molar-refractivity contribution in [2.45, 2.75) is 19.4 Å².